The molecule has 0 unspecified atom stereocenters. The lowest BCUT2D eigenvalue weighted by Crippen LogP contribution is -2.16. The van der Waals surface area contributed by atoms with Crippen LogP contribution in [0, 0.1) is 22.0 Å². The molecule has 0 aliphatic heterocycles. The SMILES string of the molecule is CC1CCC(CCNc2cc([N+](=O)[O-])cc(NN)n2)CC1. The quantitative estimate of drug-likeness (QED) is 0.423. The standard InChI is InChI=1S/C14H23N5O2/c1-10-2-4-11(5-3-10)6-7-16-13-8-12(19(20)21)9-14(17-13)18-15/h8-11H,2-7,15H2,1H3,(H2,16,17,18). The average molecular weight is 293 g/mol. The molecule has 0 saturated heterocycles. The van der Waals surface area contributed by atoms with Crippen molar-refractivity contribution in [1.29, 1.82) is 0 Å². The third-order valence-electron chi connectivity index (χ3n) is 4.16. The minimum atomic E-state index is -0.448. The van der Waals surface area contributed by atoms with E-state index in [0.29, 0.717) is 5.82 Å². The summed E-state index contributed by atoms with van der Waals surface area (Å²) in [6.07, 6.45) is 6.24. The van der Waals surface area contributed by atoms with E-state index in [4.69, 9.17) is 5.84 Å². The van der Waals surface area contributed by atoms with Gasteiger partial charge in [-0.25, -0.2) is 10.8 Å². The van der Waals surface area contributed by atoms with E-state index in [-0.39, 0.29) is 11.5 Å². The normalized spacial score (nSPS) is 21.8. The van der Waals surface area contributed by atoms with Crippen LogP contribution in [0.2, 0.25) is 0 Å². The van der Waals surface area contributed by atoms with Gasteiger partial charge in [-0.1, -0.05) is 32.6 Å². The largest absolute Gasteiger partial charge is 0.370 e. The number of pyridine rings is 1. The van der Waals surface area contributed by atoms with Crippen molar-refractivity contribution in [3.63, 3.8) is 0 Å². The lowest BCUT2D eigenvalue weighted by atomic mass is 9.81. The van der Waals surface area contributed by atoms with Gasteiger partial charge in [0.1, 0.15) is 11.6 Å². The number of hydrogen-bond donors (Lipinski definition) is 3. The van der Waals surface area contributed by atoms with Gasteiger partial charge in [-0.2, -0.15) is 0 Å². The van der Waals surface area contributed by atoms with Crippen molar-refractivity contribution in [2.45, 2.75) is 39.0 Å². The zero-order chi connectivity index (χ0) is 15.2. The van der Waals surface area contributed by atoms with Crippen LogP contribution >= 0.6 is 0 Å². The number of rotatable bonds is 6. The van der Waals surface area contributed by atoms with Gasteiger partial charge < -0.3 is 10.7 Å². The molecule has 0 atom stereocenters. The molecule has 0 aromatic carbocycles. The van der Waals surface area contributed by atoms with E-state index in [1.807, 2.05) is 0 Å². The van der Waals surface area contributed by atoms with Crippen molar-refractivity contribution < 1.29 is 4.92 Å². The number of aromatic nitrogens is 1. The van der Waals surface area contributed by atoms with Crippen LogP contribution in [0.25, 0.3) is 0 Å². The zero-order valence-electron chi connectivity index (χ0n) is 12.3. The maximum absolute atomic E-state index is 10.9. The Morgan fingerprint density at radius 1 is 1.33 bits per heavy atom. The van der Waals surface area contributed by atoms with Gasteiger partial charge in [0.25, 0.3) is 5.69 Å². The number of anilines is 2. The molecule has 0 amide bonds. The van der Waals surface area contributed by atoms with E-state index in [1.54, 1.807) is 0 Å². The smallest absolute Gasteiger partial charge is 0.276 e. The Hall–Kier alpha value is -1.89. The van der Waals surface area contributed by atoms with Gasteiger partial charge in [0.05, 0.1) is 17.1 Å². The van der Waals surface area contributed by atoms with Gasteiger partial charge in [0.15, 0.2) is 0 Å². The fourth-order valence-electron chi connectivity index (χ4n) is 2.81. The minimum absolute atomic E-state index is 0.0214. The maximum atomic E-state index is 10.9. The van der Waals surface area contributed by atoms with Crippen molar-refractivity contribution in [2.75, 3.05) is 17.3 Å². The summed E-state index contributed by atoms with van der Waals surface area (Å²) >= 11 is 0. The van der Waals surface area contributed by atoms with Gasteiger partial charge in [-0.3, -0.25) is 10.1 Å². The van der Waals surface area contributed by atoms with Crippen molar-refractivity contribution >= 4 is 17.3 Å². The van der Waals surface area contributed by atoms with E-state index < -0.39 is 4.92 Å². The summed E-state index contributed by atoms with van der Waals surface area (Å²) in [5.74, 6) is 7.66. The summed E-state index contributed by atoms with van der Waals surface area (Å²) in [6, 6.07) is 2.75. The number of nitro groups is 1. The number of nitrogens with one attached hydrogen (secondary N) is 2. The lowest BCUT2D eigenvalue weighted by molar-refractivity contribution is -0.384. The zero-order valence-corrected chi connectivity index (χ0v) is 12.3. The van der Waals surface area contributed by atoms with Crippen LogP contribution in [-0.4, -0.2) is 16.5 Å². The Balaban J connectivity index is 1.87. The molecule has 1 heterocycles. The first-order valence-corrected chi connectivity index (χ1v) is 7.45. The molecule has 0 bridgehead atoms. The van der Waals surface area contributed by atoms with E-state index in [1.165, 1.54) is 37.8 Å². The van der Waals surface area contributed by atoms with E-state index in [0.717, 1.165) is 24.8 Å². The summed E-state index contributed by atoms with van der Waals surface area (Å²) in [6.45, 7) is 3.08. The third-order valence-corrected chi connectivity index (χ3v) is 4.16. The number of hydrogen-bond acceptors (Lipinski definition) is 6. The minimum Gasteiger partial charge on any atom is -0.370 e. The van der Waals surface area contributed by atoms with E-state index in [2.05, 4.69) is 22.7 Å². The molecule has 1 saturated carbocycles. The highest BCUT2D eigenvalue weighted by Crippen LogP contribution is 2.30. The molecule has 1 aromatic rings. The molecule has 7 heteroatoms. The second kappa shape index (κ2) is 7.21. The number of nitrogen functional groups attached to an aromatic ring is 1. The van der Waals surface area contributed by atoms with E-state index >= 15 is 0 Å². The fourth-order valence-corrected chi connectivity index (χ4v) is 2.81. The summed E-state index contributed by atoms with van der Waals surface area (Å²) in [5.41, 5.74) is 2.33. The molecule has 4 N–H and O–H groups in total. The monoisotopic (exact) mass is 293 g/mol. The van der Waals surface area contributed by atoms with Crippen molar-refractivity contribution in [3.8, 4) is 0 Å². The van der Waals surface area contributed by atoms with Crippen molar-refractivity contribution in [1.82, 2.24) is 4.98 Å². The first-order valence-electron chi connectivity index (χ1n) is 7.45. The maximum Gasteiger partial charge on any atom is 0.276 e. The van der Waals surface area contributed by atoms with Gasteiger partial charge in [0.2, 0.25) is 0 Å². The van der Waals surface area contributed by atoms with Gasteiger partial charge in [0, 0.05) is 6.54 Å². The summed E-state index contributed by atoms with van der Waals surface area (Å²) < 4.78 is 0. The van der Waals surface area contributed by atoms with Crippen LogP contribution in [0.3, 0.4) is 0 Å². The molecule has 1 aliphatic carbocycles. The topological polar surface area (TPSA) is 106 Å². The Bertz CT molecular complexity index is 486. The molecule has 116 valence electrons. The Morgan fingerprint density at radius 3 is 2.62 bits per heavy atom. The predicted molar refractivity (Wildman–Crippen MR) is 82.9 cm³/mol. The Labute approximate surface area is 124 Å². The van der Waals surface area contributed by atoms with Gasteiger partial charge in [-0.15, -0.1) is 0 Å². The highest BCUT2D eigenvalue weighted by Gasteiger charge is 2.18. The summed E-state index contributed by atoms with van der Waals surface area (Å²) in [7, 11) is 0. The van der Waals surface area contributed by atoms with Crippen LogP contribution in [-0.2, 0) is 0 Å². The van der Waals surface area contributed by atoms with E-state index in [9.17, 15) is 10.1 Å². The third kappa shape index (κ3) is 4.56. The van der Waals surface area contributed by atoms with Crippen LogP contribution in [0.5, 0.6) is 0 Å². The summed E-state index contributed by atoms with van der Waals surface area (Å²) in [4.78, 5) is 14.6. The van der Waals surface area contributed by atoms with Gasteiger partial charge in [-0.05, 0) is 18.3 Å². The van der Waals surface area contributed by atoms with Crippen LogP contribution in [0.1, 0.15) is 39.0 Å². The second-order valence-corrected chi connectivity index (χ2v) is 5.84. The molecular formula is C14H23N5O2. The van der Waals surface area contributed by atoms with Crippen molar-refractivity contribution in [2.24, 2.45) is 17.7 Å². The molecule has 1 aliphatic rings. The molecule has 7 nitrogen and oxygen atoms in total. The highest BCUT2D eigenvalue weighted by atomic mass is 16.6. The molecule has 1 fully saturated rings. The Morgan fingerprint density at radius 2 is 2.00 bits per heavy atom. The van der Waals surface area contributed by atoms with Crippen LogP contribution in [0.4, 0.5) is 17.3 Å². The van der Waals surface area contributed by atoms with Gasteiger partial charge >= 0.3 is 0 Å². The molecule has 0 spiro atoms. The molecule has 21 heavy (non-hydrogen) atoms. The number of nitrogens with zero attached hydrogens (tertiary/aromatic N) is 2. The highest BCUT2D eigenvalue weighted by molar-refractivity contribution is 5.54. The molecule has 2 rings (SSSR count). The lowest BCUT2D eigenvalue weighted by Gasteiger charge is -2.26. The molecule has 0 radical (unpaired) electrons. The predicted octanol–water partition coefficient (Wildman–Crippen LogP) is 2.90. The van der Waals surface area contributed by atoms with Crippen LogP contribution < -0.4 is 16.6 Å². The number of hydrazine groups is 1. The number of nitrogens with two attached hydrogens (primary N) is 1. The molecule has 1 aromatic heterocycles. The second-order valence-electron chi connectivity index (χ2n) is 5.84. The molecular weight excluding hydrogens is 270 g/mol. The average Bonchev–Trinajstić information content (AvgIpc) is 2.49. The first-order chi connectivity index (χ1) is 10.1. The van der Waals surface area contributed by atoms with Crippen molar-refractivity contribution in [3.05, 3.63) is 22.2 Å². The first kappa shape index (κ1) is 15.5. The Kier molecular flexibility index (Phi) is 5.32. The fraction of sp³-hybridized carbons (Fsp3) is 0.643. The summed E-state index contributed by atoms with van der Waals surface area (Å²) in [5, 5.41) is 14.0. The van der Waals surface area contributed by atoms with Crippen LogP contribution in [0.15, 0.2) is 12.1 Å².